The molecular formula is C12H8Cl2O3. The second-order valence-electron chi connectivity index (χ2n) is 3.29. The molecule has 88 valence electrons. The van der Waals surface area contributed by atoms with Gasteiger partial charge >= 0.3 is 0 Å². The predicted octanol–water partition coefficient (Wildman–Crippen LogP) is 3.98. The third kappa shape index (κ3) is 3.02. The van der Waals surface area contributed by atoms with E-state index < -0.39 is 0 Å². The molecule has 0 saturated heterocycles. The summed E-state index contributed by atoms with van der Waals surface area (Å²) in [6, 6.07) is 8.20. The van der Waals surface area contributed by atoms with Crippen LogP contribution in [-0.4, -0.2) is 6.29 Å². The van der Waals surface area contributed by atoms with Crippen LogP contribution < -0.4 is 4.74 Å². The van der Waals surface area contributed by atoms with Crippen molar-refractivity contribution in [2.24, 2.45) is 0 Å². The molecule has 0 unspecified atom stereocenters. The smallest absolute Gasteiger partial charge is 0.185 e. The maximum absolute atomic E-state index is 10.4. The van der Waals surface area contributed by atoms with Crippen LogP contribution in [0.5, 0.6) is 5.75 Å². The maximum Gasteiger partial charge on any atom is 0.185 e. The first-order chi connectivity index (χ1) is 8.19. The van der Waals surface area contributed by atoms with Gasteiger partial charge < -0.3 is 9.15 Å². The van der Waals surface area contributed by atoms with Gasteiger partial charge in [-0.2, -0.15) is 0 Å². The molecule has 1 aromatic heterocycles. The number of furan rings is 1. The molecule has 0 bridgehead atoms. The van der Waals surface area contributed by atoms with E-state index in [0.29, 0.717) is 27.8 Å². The zero-order valence-corrected chi connectivity index (χ0v) is 10.2. The predicted molar refractivity (Wildman–Crippen MR) is 64.9 cm³/mol. The highest BCUT2D eigenvalue weighted by Crippen LogP contribution is 2.28. The molecule has 2 rings (SSSR count). The quantitative estimate of drug-likeness (QED) is 0.789. The Morgan fingerprint density at radius 3 is 2.71 bits per heavy atom. The maximum atomic E-state index is 10.4. The van der Waals surface area contributed by atoms with Gasteiger partial charge in [0.2, 0.25) is 0 Å². The third-order valence-electron chi connectivity index (χ3n) is 2.06. The van der Waals surface area contributed by atoms with E-state index in [0.717, 1.165) is 0 Å². The van der Waals surface area contributed by atoms with Gasteiger partial charge in [-0.1, -0.05) is 23.2 Å². The molecule has 0 radical (unpaired) electrons. The van der Waals surface area contributed by atoms with Gasteiger partial charge in [0.1, 0.15) is 18.1 Å². The van der Waals surface area contributed by atoms with Crippen molar-refractivity contribution in [3.63, 3.8) is 0 Å². The van der Waals surface area contributed by atoms with Gasteiger partial charge in [0.05, 0.1) is 5.02 Å². The van der Waals surface area contributed by atoms with Crippen molar-refractivity contribution in [3.05, 3.63) is 51.9 Å². The molecule has 0 fully saturated rings. The fourth-order valence-electron chi connectivity index (χ4n) is 1.28. The van der Waals surface area contributed by atoms with E-state index in [1.54, 1.807) is 30.3 Å². The number of rotatable bonds is 4. The highest BCUT2D eigenvalue weighted by atomic mass is 35.5. The summed E-state index contributed by atoms with van der Waals surface area (Å²) in [7, 11) is 0. The summed E-state index contributed by atoms with van der Waals surface area (Å²) in [5.41, 5.74) is 0. The average molecular weight is 271 g/mol. The van der Waals surface area contributed by atoms with Crippen molar-refractivity contribution < 1.29 is 13.9 Å². The number of aldehydes is 1. The van der Waals surface area contributed by atoms with Crippen LogP contribution in [0.15, 0.2) is 34.7 Å². The zero-order valence-electron chi connectivity index (χ0n) is 8.65. The minimum Gasteiger partial charge on any atom is -0.484 e. The fraction of sp³-hybridized carbons (Fsp3) is 0.0833. The van der Waals surface area contributed by atoms with Crippen LogP contribution in [-0.2, 0) is 6.61 Å². The van der Waals surface area contributed by atoms with E-state index in [-0.39, 0.29) is 12.4 Å². The van der Waals surface area contributed by atoms with Gasteiger partial charge in [0.15, 0.2) is 12.0 Å². The van der Waals surface area contributed by atoms with Crippen molar-refractivity contribution in [2.75, 3.05) is 0 Å². The van der Waals surface area contributed by atoms with Crippen molar-refractivity contribution in [3.8, 4) is 5.75 Å². The van der Waals surface area contributed by atoms with Gasteiger partial charge in [-0.3, -0.25) is 4.79 Å². The lowest BCUT2D eigenvalue weighted by Gasteiger charge is -2.06. The zero-order chi connectivity index (χ0) is 12.3. The average Bonchev–Trinajstić information content (AvgIpc) is 2.76. The van der Waals surface area contributed by atoms with Crippen LogP contribution >= 0.6 is 23.2 Å². The normalized spacial score (nSPS) is 10.2. The lowest BCUT2D eigenvalue weighted by atomic mass is 10.3. The summed E-state index contributed by atoms with van der Waals surface area (Å²) >= 11 is 11.7. The van der Waals surface area contributed by atoms with Gasteiger partial charge in [0.25, 0.3) is 0 Å². The van der Waals surface area contributed by atoms with Crippen molar-refractivity contribution in [1.82, 2.24) is 0 Å². The second kappa shape index (κ2) is 5.25. The molecule has 0 aliphatic rings. The first-order valence-electron chi connectivity index (χ1n) is 4.81. The molecule has 2 aromatic rings. The Balaban J connectivity index is 2.04. The Labute approximate surface area is 108 Å². The standard InChI is InChI=1S/C12H8Cl2O3/c13-8-1-4-12(11(14)5-8)16-7-10-3-2-9(6-15)17-10/h1-6H,7H2. The lowest BCUT2D eigenvalue weighted by Crippen LogP contribution is -1.94. The highest BCUT2D eigenvalue weighted by molar-refractivity contribution is 6.35. The first-order valence-corrected chi connectivity index (χ1v) is 5.56. The third-order valence-corrected chi connectivity index (χ3v) is 2.59. The van der Waals surface area contributed by atoms with E-state index in [1.807, 2.05) is 0 Å². The van der Waals surface area contributed by atoms with E-state index in [9.17, 15) is 4.79 Å². The molecule has 0 spiro atoms. The van der Waals surface area contributed by atoms with Crippen LogP contribution in [0.25, 0.3) is 0 Å². The Morgan fingerprint density at radius 2 is 2.06 bits per heavy atom. The van der Waals surface area contributed by atoms with Crippen molar-refractivity contribution in [1.29, 1.82) is 0 Å². The Kier molecular flexibility index (Phi) is 3.71. The van der Waals surface area contributed by atoms with Crippen LogP contribution in [0.2, 0.25) is 10.0 Å². The largest absolute Gasteiger partial charge is 0.484 e. The van der Waals surface area contributed by atoms with Crippen LogP contribution in [0.3, 0.4) is 0 Å². The van der Waals surface area contributed by atoms with Crippen LogP contribution in [0.4, 0.5) is 0 Å². The molecule has 0 aliphatic heterocycles. The number of halogens is 2. The highest BCUT2D eigenvalue weighted by Gasteiger charge is 2.05. The molecule has 5 heteroatoms. The molecule has 0 atom stereocenters. The van der Waals surface area contributed by atoms with Crippen LogP contribution in [0.1, 0.15) is 16.3 Å². The molecule has 0 aliphatic carbocycles. The molecular weight excluding hydrogens is 263 g/mol. The summed E-state index contributed by atoms with van der Waals surface area (Å²) in [5.74, 6) is 1.34. The fourth-order valence-corrected chi connectivity index (χ4v) is 1.74. The summed E-state index contributed by atoms with van der Waals surface area (Å²) in [4.78, 5) is 10.4. The van der Waals surface area contributed by atoms with Gasteiger partial charge in [-0.25, -0.2) is 0 Å². The first kappa shape index (κ1) is 12.0. The van der Waals surface area contributed by atoms with Gasteiger partial charge in [-0.05, 0) is 30.3 Å². The molecule has 0 saturated carbocycles. The second-order valence-corrected chi connectivity index (χ2v) is 4.13. The molecule has 3 nitrogen and oxygen atoms in total. The molecule has 0 N–H and O–H groups in total. The summed E-state index contributed by atoms with van der Waals surface area (Å²) in [5, 5.41) is 0.975. The van der Waals surface area contributed by atoms with Gasteiger partial charge in [-0.15, -0.1) is 0 Å². The summed E-state index contributed by atoms with van der Waals surface area (Å²) in [6.45, 7) is 0.204. The molecule has 17 heavy (non-hydrogen) atoms. The van der Waals surface area contributed by atoms with E-state index >= 15 is 0 Å². The van der Waals surface area contributed by atoms with Gasteiger partial charge in [0, 0.05) is 5.02 Å². The molecule has 1 aromatic carbocycles. The number of ether oxygens (including phenoxy) is 1. The number of benzene rings is 1. The number of carbonyl (C=O) groups excluding carboxylic acids is 1. The molecule has 0 amide bonds. The molecule has 1 heterocycles. The Morgan fingerprint density at radius 1 is 1.24 bits per heavy atom. The van der Waals surface area contributed by atoms with Crippen LogP contribution in [0, 0.1) is 0 Å². The Hall–Kier alpha value is -1.45. The van der Waals surface area contributed by atoms with E-state index in [4.69, 9.17) is 32.4 Å². The number of carbonyl (C=O) groups is 1. The number of hydrogen-bond acceptors (Lipinski definition) is 3. The SMILES string of the molecule is O=Cc1ccc(COc2ccc(Cl)cc2Cl)o1. The van der Waals surface area contributed by atoms with E-state index in [1.165, 1.54) is 0 Å². The van der Waals surface area contributed by atoms with Crippen molar-refractivity contribution in [2.45, 2.75) is 6.61 Å². The van der Waals surface area contributed by atoms with Crippen molar-refractivity contribution >= 4 is 29.5 Å². The summed E-state index contributed by atoms with van der Waals surface area (Å²) in [6.07, 6.45) is 0.638. The monoisotopic (exact) mass is 270 g/mol. The van der Waals surface area contributed by atoms with E-state index in [2.05, 4.69) is 0 Å². The minimum absolute atomic E-state index is 0.204. The topological polar surface area (TPSA) is 39.4 Å². The minimum atomic E-state index is 0.204. The lowest BCUT2D eigenvalue weighted by molar-refractivity contribution is 0.109. The Bertz CT molecular complexity index is 534. The number of hydrogen-bond donors (Lipinski definition) is 0. The summed E-state index contributed by atoms with van der Waals surface area (Å²) < 4.78 is 10.6.